The summed E-state index contributed by atoms with van der Waals surface area (Å²) in [7, 11) is -8.67. The molecule has 7 nitrogen and oxygen atoms in total. The smallest absolute Gasteiger partial charge is 0.245 e. The number of rotatable bonds is 6. The van der Waals surface area contributed by atoms with Gasteiger partial charge in [-0.05, 0) is 60.4 Å². The molecule has 4 aromatic rings. The molecule has 0 spiro atoms. The summed E-state index contributed by atoms with van der Waals surface area (Å²) < 4.78 is 54.6. The van der Waals surface area contributed by atoms with E-state index >= 15 is 0 Å². The molecule has 32 heavy (non-hydrogen) atoms. The van der Waals surface area contributed by atoms with Crippen LogP contribution in [-0.4, -0.2) is 24.8 Å². The molecule has 0 bridgehead atoms. The first-order chi connectivity index (χ1) is 15.2. The Morgan fingerprint density at radius 3 is 1.25 bits per heavy atom. The van der Waals surface area contributed by atoms with Gasteiger partial charge in [-0.15, -0.1) is 0 Å². The van der Waals surface area contributed by atoms with E-state index in [2.05, 4.69) is 0 Å². The molecule has 3 aromatic carbocycles. The van der Waals surface area contributed by atoms with E-state index in [1.807, 2.05) is 13.8 Å². The summed E-state index contributed by atoms with van der Waals surface area (Å²) in [6.07, 6.45) is 1.46. The largest absolute Gasteiger partial charge is 0.357 e. The van der Waals surface area contributed by atoms with Crippen molar-refractivity contribution in [1.82, 2.24) is 7.94 Å². The Balaban J connectivity index is 1.99. The van der Waals surface area contributed by atoms with Gasteiger partial charge in [0.25, 0.3) is 20.0 Å². The predicted octanol–water partition coefficient (Wildman–Crippen LogP) is 3.40. The van der Waals surface area contributed by atoms with Crippen LogP contribution >= 0.6 is 0 Å². The highest BCUT2D eigenvalue weighted by Gasteiger charge is 2.30. The van der Waals surface area contributed by atoms with E-state index in [4.69, 9.17) is 0 Å². The fourth-order valence-electron chi connectivity index (χ4n) is 3.57. The lowest BCUT2D eigenvalue weighted by atomic mass is 10.2. The second-order valence-electron chi connectivity index (χ2n) is 7.31. The minimum atomic E-state index is -4.33. The summed E-state index contributed by atoms with van der Waals surface area (Å²) >= 11 is 0. The van der Waals surface area contributed by atoms with E-state index in [1.165, 1.54) is 36.4 Å². The molecular formula is C23H22N2O5S2. The molecule has 1 aromatic heterocycles. The van der Waals surface area contributed by atoms with Crippen LogP contribution in [0.5, 0.6) is 0 Å². The summed E-state index contributed by atoms with van der Waals surface area (Å²) in [6, 6.07) is 18.3. The predicted molar refractivity (Wildman–Crippen MR) is 123 cm³/mol. The van der Waals surface area contributed by atoms with E-state index in [0.717, 1.165) is 24.0 Å². The van der Waals surface area contributed by atoms with Gasteiger partial charge in [-0.25, -0.2) is 21.6 Å². The Hall–Kier alpha value is -3.17. The van der Waals surface area contributed by atoms with Crippen molar-refractivity contribution in [2.75, 3.05) is 0 Å². The number of para-hydroxylation sites is 2. The lowest BCUT2D eigenvalue weighted by Gasteiger charge is -2.07. The third-order valence-electron chi connectivity index (χ3n) is 5.41. The van der Waals surface area contributed by atoms with E-state index in [0.29, 0.717) is 7.94 Å². The monoisotopic (exact) mass is 470 g/mol. The highest BCUT2D eigenvalue weighted by molar-refractivity contribution is 7.91. The van der Waals surface area contributed by atoms with Crippen molar-refractivity contribution in [3.8, 4) is 0 Å². The Kier molecular flexibility index (Phi) is 5.56. The van der Waals surface area contributed by atoms with Crippen LogP contribution in [0.3, 0.4) is 0 Å². The average molecular weight is 471 g/mol. The number of aromatic nitrogens is 2. The zero-order valence-electron chi connectivity index (χ0n) is 17.6. The normalized spacial score (nSPS) is 12.3. The lowest BCUT2D eigenvalue weighted by molar-refractivity contribution is 0.582. The SMILES string of the molecule is CCc1ccc(S(=O)(=O)n2c(=O)n(S(=O)(=O)c3ccc(CC)cc3)c3ccccc32)cc1. The number of nitrogens with zero attached hydrogens (tertiary/aromatic N) is 2. The van der Waals surface area contributed by atoms with Gasteiger partial charge in [-0.1, -0.05) is 50.2 Å². The molecule has 0 saturated carbocycles. The number of hydrogen-bond acceptors (Lipinski definition) is 5. The zero-order chi connectivity index (χ0) is 23.1. The van der Waals surface area contributed by atoms with E-state index in [-0.39, 0.29) is 20.8 Å². The quantitative estimate of drug-likeness (QED) is 0.430. The van der Waals surface area contributed by atoms with Crippen LogP contribution in [0, 0.1) is 0 Å². The zero-order valence-corrected chi connectivity index (χ0v) is 19.2. The maximum Gasteiger partial charge on any atom is 0.357 e. The second-order valence-corrected chi connectivity index (χ2v) is 10.9. The van der Waals surface area contributed by atoms with Crippen molar-refractivity contribution in [2.45, 2.75) is 36.5 Å². The van der Waals surface area contributed by atoms with Crippen LogP contribution in [-0.2, 0) is 32.9 Å². The molecule has 0 fully saturated rings. The van der Waals surface area contributed by atoms with Gasteiger partial charge < -0.3 is 0 Å². The van der Waals surface area contributed by atoms with E-state index < -0.39 is 25.7 Å². The maximum absolute atomic E-state index is 13.4. The Labute approximate surface area is 186 Å². The summed E-state index contributed by atoms with van der Waals surface area (Å²) in [5, 5.41) is 0. The summed E-state index contributed by atoms with van der Waals surface area (Å²) in [5.74, 6) is 0. The fourth-order valence-corrected chi connectivity index (χ4v) is 6.40. The minimum absolute atomic E-state index is 0.00850. The molecule has 9 heteroatoms. The third-order valence-corrected chi connectivity index (χ3v) is 8.81. The molecule has 166 valence electrons. The molecular weight excluding hydrogens is 448 g/mol. The number of aryl methyl sites for hydroxylation is 2. The van der Waals surface area contributed by atoms with Gasteiger partial charge in [0.05, 0.1) is 20.8 Å². The van der Waals surface area contributed by atoms with Gasteiger partial charge >= 0.3 is 5.69 Å². The van der Waals surface area contributed by atoms with Gasteiger partial charge in [0.15, 0.2) is 0 Å². The molecule has 0 aliphatic heterocycles. The van der Waals surface area contributed by atoms with Crippen molar-refractivity contribution < 1.29 is 16.8 Å². The molecule has 0 radical (unpaired) electrons. The summed E-state index contributed by atoms with van der Waals surface area (Å²) in [5.41, 5.74) is 0.704. The van der Waals surface area contributed by atoms with Gasteiger partial charge in [0, 0.05) is 0 Å². The van der Waals surface area contributed by atoms with E-state index in [1.54, 1.807) is 36.4 Å². The molecule has 0 atom stereocenters. The van der Waals surface area contributed by atoms with Crippen LogP contribution in [0.1, 0.15) is 25.0 Å². The highest BCUT2D eigenvalue weighted by Crippen LogP contribution is 2.24. The molecule has 4 rings (SSSR count). The highest BCUT2D eigenvalue weighted by atomic mass is 32.2. The van der Waals surface area contributed by atoms with Gasteiger partial charge in [-0.2, -0.15) is 7.94 Å². The molecule has 0 aliphatic rings. The van der Waals surface area contributed by atoms with Crippen molar-refractivity contribution in [3.63, 3.8) is 0 Å². The van der Waals surface area contributed by atoms with Crippen molar-refractivity contribution >= 4 is 31.1 Å². The number of imidazole rings is 1. The first kappa shape index (κ1) is 22.0. The number of fused-ring (bicyclic) bond motifs is 1. The molecule has 0 amide bonds. The fraction of sp³-hybridized carbons (Fsp3) is 0.174. The number of hydrogen-bond donors (Lipinski definition) is 0. The third kappa shape index (κ3) is 3.47. The van der Waals surface area contributed by atoms with Crippen LogP contribution in [0.4, 0.5) is 0 Å². The average Bonchev–Trinajstić information content (AvgIpc) is 3.12. The van der Waals surface area contributed by atoms with Crippen LogP contribution in [0.25, 0.3) is 11.0 Å². The van der Waals surface area contributed by atoms with Crippen molar-refractivity contribution in [1.29, 1.82) is 0 Å². The lowest BCUT2D eigenvalue weighted by Crippen LogP contribution is -2.33. The molecule has 0 saturated heterocycles. The Morgan fingerprint density at radius 2 is 0.938 bits per heavy atom. The first-order valence-corrected chi connectivity index (χ1v) is 13.0. The van der Waals surface area contributed by atoms with Crippen LogP contribution < -0.4 is 5.69 Å². The van der Waals surface area contributed by atoms with Gasteiger partial charge in [0.1, 0.15) is 0 Å². The Bertz CT molecular complexity index is 1440. The van der Waals surface area contributed by atoms with Crippen molar-refractivity contribution in [3.05, 3.63) is 94.4 Å². The topological polar surface area (TPSA) is 95.2 Å². The Morgan fingerprint density at radius 1 is 0.594 bits per heavy atom. The van der Waals surface area contributed by atoms with Crippen molar-refractivity contribution in [2.24, 2.45) is 0 Å². The van der Waals surface area contributed by atoms with Gasteiger partial charge in [-0.3, -0.25) is 0 Å². The number of benzene rings is 3. The van der Waals surface area contributed by atoms with Crippen LogP contribution in [0.2, 0.25) is 0 Å². The molecule has 1 heterocycles. The molecule has 0 N–H and O–H groups in total. The summed E-state index contributed by atoms with van der Waals surface area (Å²) in [4.78, 5) is 13.2. The first-order valence-electron chi connectivity index (χ1n) is 10.1. The van der Waals surface area contributed by atoms with Crippen LogP contribution in [0.15, 0.2) is 87.4 Å². The molecule has 0 aliphatic carbocycles. The standard InChI is InChI=1S/C23H22N2O5S2/c1-3-17-9-13-19(14-10-17)31(27,28)24-21-7-5-6-8-22(21)25(23(24)26)32(29,30)20-15-11-18(4-2)12-16-20/h5-16H,3-4H2,1-2H3. The maximum atomic E-state index is 13.4. The molecule has 0 unspecified atom stereocenters. The van der Waals surface area contributed by atoms with Gasteiger partial charge in [0.2, 0.25) is 0 Å². The minimum Gasteiger partial charge on any atom is -0.245 e. The second kappa shape index (κ2) is 8.07. The van der Waals surface area contributed by atoms with E-state index in [9.17, 15) is 21.6 Å². The summed E-state index contributed by atoms with van der Waals surface area (Å²) in [6.45, 7) is 3.89.